The number of hydrogen-bond acceptors (Lipinski definition) is 4. The van der Waals surface area contributed by atoms with E-state index in [1.54, 1.807) is 0 Å². The van der Waals surface area contributed by atoms with Crippen LogP contribution in [0.2, 0.25) is 10.0 Å². The van der Waals surface area contributed by atoms with Crippen LogP contribution in [0.3, 0.4) is 0 Å². The monoisotopic (exact) mass is 464 g/mol. The third-order valence-corrected chi connectivity index (χ3v) is 7.33. The second-order valence-electron chi connectivity index (χ2n) is 9.01. The number of anilines is 2. The molecule has 0 bridgehead atoms. The van der Waals surface area contributed by atoms with Crippen molar-refractivity contribution >= 4 is 56.4 Å². The minimum atomic E-state index is 0.226. The highest BCUT2D eigenvalue weighted by Gasteiger charge is 2.36. The number of rotatable bonds is 3. The molecule has 2 heterocycles. The highest BCUT2D eigenvalue weighted by molar-refractivity contribution is 6.31. The normalized spacial score (nSPS) is 23.5. The van der Waals surface area contributed by atoms with Gasteiger partial charge in [-0.25, -0.2) is 0 Å². The number of nitrogens with two attached hydrogens (primary N) is 1. The maximum Gasteiger partial charge on any atom is 0.0737 e. The molecule has 0 amide bonds. The van der Waals surface area contributed by atoms with E-state index in [1.165, 1.54) is 0 Å². The average molecular weight is 465 g/mol. The van der Waals surface area contributed by atoms with Crippen LogP contribution in [0.4, 0.5) is 11.4 Å². The van der Waals surface area contributed by atoms with E-state index in [1.807, 2.05) is 36.7 Å². The third kappa shape index (κ3) is 3.81. The Morgan fingerprint density at radius 3 is 1.84 bits per heavy atom. The predicted octanol–water partition coefficient (Wildman–Crippen LogP) is 6.99. The first-order valence-electron chi connectivity index (χ1n) is 11.1. The van der Waals surface area contributed by atoms with Gasteiger partial charge in [-0.3, -0.25) is 9.97 Å². The summed E-state index contributed by atoms with van der Waals surface area (Å²) in [5, 5.41) is 3.52. The van der Waals surface area contributed by atoms with Crippen LogP contribution in [0.25, 0.3) is 21.8 Å². The standard InChI is InChI=1S/C26H26Cl2N4/c1-15-12-26(16(2)11-21(15)29)32(24-7-9-30-22-13-17(27)3-5-19(22)24)25-8-10-31-23-14-18(28)4-6-20(23)25/h3-10,13-16,21,26H,11-12,29H2,1-2H3/t15-,16-,21+,26+/m1/s1. The Kier molecular flexibility index (Phi) is 5.70. The average Bonchev–Trinajstić information content (AvgIpc) is 2.77. The zero-order valence-electron chi connectivity index (χ0n) is 18.2. The van der Waals surface area contributed by atoms with Crippen LogP contribution in [-0.4, -0.2) is 22.1 Å². The Bertz CT molecular complexity index is 1210. The topological polar surface area (TPSA) is 55.0 Å². The molecule has 2 aromatic carbocycles. The number of benzene rings is 2. The molecule has 6 heteroatoms. The molecule has 2 aromatic heterocycles. The van der Waals surface area contributed by atoms with Gasteiger partial charge in [0.25, 0.3) is 0 Å². The van der Waals surface area contributed by atoms with Crippen molar-refractivity contribution in [2.24, 2.45) is 17.6 Å². The van der Waals surface area contributed by atoms with Gasteiger partial charge in [-0.15, -0.1) is 0 Å². The van der Waals surface area contributed by atoms with E-state index in [9.17, 15) is 0 Å². The zero-order chi connectivity index (χ0) is 22.4. The first-order valence-corrected chi connectivity index (χ1v) is 11.8. The molecule has 0 unspecified atom stereocenters. The summed E-state index contributed by atoms with van der Waals surface area (Å²) in [5.41, 5.74) is 10.5. The molecule has 4 atom stereocenters. The quantitative estimate of drug-likeness (QED) is 0.354. The van der Waals surface area contributed by atoms with E-state index in [0.29, 0.717) is 21.9 Å². The van der Waals surface area contributed by atoms with Crippen molar-refractivity contribution in [3.63, 3.8) is 0 Å². The van der Waals surface area contributed by atoms with Crippen molar-refractivity contribution in [2.75, 3.05) is 4.90 Å². The molecule has 0 aliphatic heterocycles. The molecule has 1 aliphatic carbocycles. The molecule has 0 radical (unpaired) electrons. The lowest BCUT2D eigenvalue weighted by Gasteiger charge is -2.45. The Morgan fingerprint density at radius 1 is 0.781 bits per heavy atom. The lowest BCUT2D eigenvalue weighted by atomic mass is 9.76. The van der Waals surface area contributed by atoms with Gasteiger partial charge < -0.3 is 10.6 Å². The number of nitrogens with zero attached hydrogens (tertiary/aromatic N) is 3. The van der Waals surface area contributed by atoms with Gasteiger partial charge >= 0.3 is 0 Å². The maximum atomic E-state index is 6.45. The molecular weight excluding hydrogens is 439 g/mol. The second-order valence-corrected chi connectivity index (χ2v) is 9.88. The summed E-state index contributed by atoms with van der Waals surface area (Å²) in [4.78, 5) is 11.6. The second kappa shape index (κ2) is 8.51. The van der Waals surface area contributed by atoms with Crippen molar-refractivity contribution < 1.29 is 0 Å². The largest absolute Gasteiger partial charge is 0.337 e. The first kappa shape index (κ1) is 21.4. The zero-order valence-corrected chi connectivity index (χ0v) is 19.7. The SMILES string of the molecule is C[C@@H]1C[C@H](N(c2ccnc3cc(Cl)ccc23)c2ccnc3cc(Cl)ccc23)[C@H](C)C[C@@H]1N. The van der Waals surface area contributed by atoms with Crippen LogP contribution in [-0.2, 0) is 0 Å². The number of fused-ring (bicyclic) bond motifs is 2. The fourth-order valence-corrected chi connectivity index (χ4v) is 5.42. The van der Waals surface area contributed by atoms with E-state index in [2.05, 4.69) is 53.0 Å². The Labute approximate surface area is 198 Å². The van der Waals surface area contributed by atoms with Crippen LogP contribution in [0.5, 0.6) is 0 Å². The van der Waals surface area contributed by atoms with Crippen molar-refractivity contribution in [2.45, 2.75) is 38.8 Å². The summed E-state index contributed by atoms with van der Waals surface area (Å²) in [6.07, 6.45) is 5.73. The van der Waals surface area contributed by atoms with E-state index >= 15 is 0 Å². The van der Waals surface area contributed by atoms with Crippen LogP contribution >= 0.6 is 23.2 Å². The molecule has 0 saturated heterocycles. The minimum Gasteiger partial charge on any atom is -0.337 e. The predicted molar refractivity (Wildman–Crippen MR) is 135 cm³/mol. The van der Waals surface area contributed by atoms with Crippen LogP contribution < -0.4 is 10.6 Å². The Hall–Kier alpha value is -2.40. The minimum absolute atomic E-state index is 0.226. The lowest BCUT2D eigenvalue weighted by Crippen LogP contribution is -2.48. The summed E-state index contributed by atoms with van der Waals surface area (Å²) in [6, 6.07) is 16.6. The van der Waals surface area contributed by atoms with Crippen LogP contribution in [0.15, 0.2) is 60.9 Å². The number of halogens is 2. The van der Waals surface area contributed by atoms with Gasteiger partial charge in [-0.1, -0.05) is 37.0 Å². The number of aromatic nitrogens is 2. The molecule has 32 heavy (non-hydrogen) atoms. The van der Waals surface area contributed by atoms with Crippen molar-refractivity contribution in [3.05, 3.63) is 71.0 Å². The van der Waals surface area contributed by atoms with Gasteiger partial charge in [0.1, 0.15) is 0 Å². The van der Waals surface area contributed by atoms with E-state index < -0.39 is 0 Å². The van der Waals surface area contributed by atoms with E-state index in [-0.39, 0.29) is 12.1 Å². The molecule has 5 rings (SSSR count). The van der Waals surface area contributed by atoms with Gasteiger partial charge in [-0.05, 0) is 73.2 Å². The molecule has 4 nitrogen and oxygen atoms in total. The summed E-state index contributed by atoms with van der Waals surface area (Å²) in [5.74, 6) is 0.857. The van der Waals surface area contributed by atoms with Crippen molar-refractivity contribution in [1.29, 1.82) is 0 Å². The molecule has 1 aliphatic rings. The lowest BCUT2D eigenvalue weighted by molar-refractivity contribution is 0.231. The molecule has 4 aromatic rings. The van der Waals surface area contributed by atoms with Crippen molar-refractivity contribution in [1.82, 2.24) is 9.97 Å². The number of pyridine rings is 2. The smallest absolute Gasteiger partial charge is 0.0737 e. The van der Waals surface area contributed by atoms with Gasteiger partial charge in [0.2, 0.25) is 0 Å². The molecule has 1 saturated carbocycles. The summed E-state index contributed by atoms with van der Waals surface area (Å²) < 4.78 is 0. The van der Waals surface area contributed by atoms with Gasteiger partial charge in [0.05, 0.1) is 22.4 Å². The molecule has 0 spiro atoms. The molecule has 2 N–H and O–H groups in total. The Balaban J connectivity index is 1.77. The maximum absolute atomic E-state index is 6.45. The summed E-state index contributed by atoms with van der Waals surface area (Å²) in [7, 11) is 0. The summed E-state index contributed by atoms with van der Waals surface area (Å²) in [6.45, 7) is 4.57. The van der Waals surface area contributed by atoms with Gasteiger partial charge in [0, 0.05) is 45.3 Å². The fourth-order valence-electron chi connectivity index (χ4n) is 5.09. The van der Waals surface area contributed by atoms with Crippen molar-refractivity contribution in [3.8, 4) is 0 Å². The van der Waals surface area contributed by atoms with Gasteiger partial charge in [-0.2, -0.15) is 0 Å². The van der Waals surface area contributed by atoms with Crippen LogP contribution in [0.1, 0.15) is 26.7 Å². The van der Waals surface area contributed by atoms with E-state index in [0.717, 1.165) is 46.0 Å². The van der Waals surface area contributed by atoms with E-state index in [4.69, 9.17) is 28.9 Å². The summed E-state index contributed by atoms with van der Waals surface area (Å²) >= 11 is 12.6. The highest BCUT2D eigenvalue weighted by Crippen LogP contribution is 2.43. The number of hydrogen-bond donors (Lipinski definition) is 1. The Morgan fingerprint density at radius 2 is 1.31 bits per heavy atom. The van der Waals surface area contributed by atoms with Gasteiger partial charge in [0.15, 0.2) is 0 Å². The fraction of sp³-hybridized carbons (Fsp3) is 0.308. The molecule has 1 fully saturated rings. The molecular formula is C26H26Cl2N4. The highest BCUT2D eigenvalue weighted by atomic mass is 35.5. The first-order chi connectivity index (χ1) is 15.4. The molecule has 164 valence electrons. The van der Waals surface area contributed by atoms with Crippen LogP contribution in [0, 0.1) is 11.8 Å². The third-order valence-electron chi connectivity index (χ3n) is 6.86.